The van der Waals surface area contributed by atoms with Gasteiger partial charge in [0.25, 0.3) is 0 Å². The zero-order valence-electron chi connectivity index (χ0n) is 7.56. The number of alkyl halides is 1. The van der Waals surface area contributed by atoms with Crippen molar-refractivity contribution >= 4 is 23.2 Å². The summed E-state index contributed by atoms with van der Waals surface area (Å²) in [6.45, 7) is 5.72. The fraction of sp³-hybridized carbons (Fsp3) is 0.273. The van der Waals surface area contributed by atoms with Gasteiger partial charge in [0.05, 0.1) is 0 Å². The Bertz CT molecular complexity index is 305. The second-order valence-corrected chi connectivity index (χ2v) is 3.66. The van der Waals surface area contributed by atoms with Crippen LogP contribution in [0.25, 0.3) is 0 Å². The van der Waals surface area contributed by atoms with Gasteiger partial charge in [-0.2, -0.15) is 0 Å². The van der Waals surface area contributed by atoms with Crippen LogP contribution in [-0.2, 0) is 0 Å². The number of hydrogen-bond donors (Lipinski definition) is 0. The minimum atomic E-state index is 0.147. The highest BCUT2D eigenvalue weighted by molar-refractivity contribution is 6.32. The van der Waals surface area contributed by atoms with Crippen LogP contribution < -0.4 is 0 Å². The Kier molecular flexibility index (Phi) is 3.83. The molecule has 0 aliphatic carbocycles. The van der Waals surface area contributed by atoms with Crippen LogP contribution in [0.3, 0.4) is 0 Å². The van der Waals surface area contributed by atoms with E-state index in [1.54, 1.807) is 0 Å². The fourth-order valence-electron chi connectivity index (χ4n) is 1.23. The molecule has 0 amide bonds. The molecular weight excluding hydrogens is 203 g/mol. The van der Waals surface area contributed by atoms with Crippen LogP contribution >= 0.6 is 23.2 Å². The molecule has 0 spiro atoms. The van der Waals surface area contributed by atoms with Crippen LogP contribution in [0.1, 0.15) is 17.0 Å². The second-order valence-electron chi connectivity index (χ2n) is 2.97. The van der Waals surface area contributed by atoms with E-state index in [4.69, 9.17) is 23.2 Å². The Morgan fingerprint density at radius 2 is 2.23 bits per heavy atom. The highest BCUT2D eigenvalue weighted by Crippen LogP contribution is 2.28. The predicted molar refractivity (Wildman–Crippen MR) is 59.8 cm³/mol. The molecule has 0 aromatic heterocycles. The molecule has 0 aliphatic rings. The molecule has 0 saturated carbocycles. The van der Waals surface area contributed by atoms with E-state index in [0.717, 1.165) is 16.1 Å². The summed E-state index contributed by atoms with van der Waals surface area (Å²) in [6, 6.07) is 5.96. The van der Waals surface area contributed by atoms with Gasteiger partial charge < -0.3 is 0 Å². The van der Waals surface area contributed by atoms with Crippen molar-refractivity contribution in [1.82, 2.24) is 0 Å². The summed E-state index contributed by atoms with van der Waals surface area (Å²) in [4.78, 5) is 0. The number of hydrogen-bond acceptors (Lipinski definition) is 0. The number of aryl methyl sites for hydroxylation is 1. The standard InChI is InChI=1S/C11H12Cl2/c1-3-9(7-12)10-6-4-5-8(2)11(10)13/h3-6,9H,1,7H2,2H3. The minimum absolute atomic E-state index is 0.147. The molecule has 0 heterocycles. The van der Waals surface area contributed by atoms with Crippen LogP contribution in [0.2, 0.25) is 5.02 Å². The van der Waals surface area contributed by atoms with Crippen molar-refractivity contribution in [2.45, 2.75) is 12.8 Å². The van der Waals surface area contributed by atoms with Crippen molar-refractivity contribution in [3.05, 3.63) is 47.0 Å². The van der Waals surface area contributed by atoms with Gasteiger partial charge in [-0.05, 0) is 18.1 Å². The minimum Gasteiger partial charge on any atom is -0.126 e. The lowest BCUT2D eigenvalue weighted by Crippen LogP contribution is -1.98. The molecule has 0 fully saturated rings. The normalized spacial score (nSPS) is 12.5. The topological polar surface area (TPSA) is 0 Å². The van der Waals surface area contributed by atoms with Crippen LogP contribution in [0.15, 0.2) is 30.9 Å². The van der Waals surface area contributed by atoms with Gasteiger partial charge in [0.15, 0.2) is 0 Å². The highest BCUT2D eigenvalue weighted by atomic mass is 35.5. The monoisotopic (exact) mass is 214 g/mol. The Morgan fingerprint density at radius 3 is 2.77 bits per heavy atom. The first-order valence-corrected chi connectivity index (χ1v) is 5.05. The van der Waals surface area contributed by atoms with Gasteiger partial charge in [-0.3, -0.25) is 0 Å². The lowest BCUT2D eigenvalue weighted by atomic mass is 9.99. The third kappa shape index (κ3) is 2.26. The van der Waals surface area contributed by atoms with E-state index in [-0.39, 0.29) is 5.92 Å². The average molecular weight is 215 g/mol. The average Bonchev–Trinajstić information content (AvgIpc) is 2.14. The number of benzene rings is 1. The Hall–Kier alpha value is -0.460. The first-order valence-electron chi connectivity index (χ1n) is 4.14. The van der Waals surface area contributed by atoms with E-state index < -0.39 is 0 Å². The summed E-state index contributed by atoms with van der Waals surface area (Å²) in [6.07, 6.45) is 1.83. The molecule has 1 rings (SSSR count). The van der Waals surface area contributed by atoms with E-state index in [1.165, 1.54) is 0 Å². The number of allylic oxidation sites excluding steroid dienone is 1. The van der Waals surface area contributed by atoms with Gasteiger partial charge in [-0.15, -0.1) is 18.2 Å². The molecule has 0 nitrogen and oxygen atoms in total. The van der Waals surface area contributed by atoms with E-state index in [0.29, 0.717) is 5.88 Å². The van der Waals surface area contributed by atoms with E-state index in [2.05, 4.69) is 6.58 Å². The van der Waals surface area contributed by atoms with Gasteiger partial charge in [0, 0.05) is 16.8 Å². The van der Waals surface area contributed by atoms with E-state index >= 15 is 0 Å². The third-order valence-corrected chi connectivity index (χ3v) is 2.92. The summed E-state index contributed by atoms with van der Waals surface area (Å²) in [5, 5.41) is 0.799. The summed E-state index contributed by atoms with van der Waals surface area (Å²) in [5.74, 6) is 0.668. The van der Waals surface area contributed by atoms with Crippen molar-refractivity contribution in [2.75, 3.05) is 5.88 Å². The zero-order valence-corrected chi connectivity index (χ0v) is 9.07. The molecule has 1 atom stereocenters. The van der Waals surface area contributed by atoms with Crippen molar-refractivity contribution in [2.24, 2.45) is 0 Å². The van der Waals surface area contributed by atoms with Crippen LogP contribution in [-0.4, -0.2) is 5.88 Å². The molecule has 0 aliphatic heterocycles. The molecule has 70 valence electrons. The lowest BCUT2D eigenvalue weighted by Gasteiger charge is -2.12. The van der Waals surface area contributed by atoms with E-state index in [9.17, 15) is 0 Å². The van der Waals surface area contributed by atoms with Crippen LogP contribution in [0.4, 0.5) is 0 Å². The van der Waals surface area contributed by atoms with Gasteiger partial charge in [-0.1, -0.05) is 35.9 Å². The molecular formula is C11H12Cl2. The molecule has 1 aromatic carbocycles. The highest BCUT2D eigenvalue weighted by Gasteiger charge is 2.10. The molecule has 1 unspecified atom stereocenters. The first kappa shape index (κ1) is 10.6. The summed E-state index contributed by atoms with van der Waals surface area (Å²) < 4.78 is 0. The summed E-state index contributed by atoms with van der Waals surface area (Å²) in [5.41, 5.74) is 2.14. The largest absolute Gasteiger partial charge is 0.126 e. The Morgan fingerprint density at radius 1 is 1.54 bits per heavy atom. The molecule has 0 radical (unpaired) electrons. The molecule has 2 heteroatoms. The Labute approximate surface area is 89.2 Å². The zero-order chi connectivity index (χ0) is 9.84. The maximum atomic E-state index is 6.14. The molecule has 13 heavy (non-hydrogen) atoms. The first-order chi connectivity index (χ1) is 6.20. The molecule has 1 aromatic rings. The van der Waals surface area contributed by atoms with Crippen LogP contribution in [0, 0.1) is 6.92 Å². The number of rotatable bonds is 3. The van der Waals surface area contributed by atoms with E-state index in [1.807, 2.05) is 31.2 Å². The summed E-state index contributed by atoms with van der Waals surface area (Å²) in [7, 11) is 0. The molecule has 0 bridgehead atoms. The van der Waals surface area contributed by atoms with Crippen molar-refractivity contribution in [3.63, 3.8) is 0 Å². The fourth-order valence-corrected chi connectivity index (χ4v) is 1.79. The second kappa shape index (κ2) is 4.69. The van der Waals surface area contributed by atoms with Gasteiger partial charge >= 0.3 is 0 Å². The molecule has 0 saturated heterocycles. The molecule has 0 N–H and O–H groups in total. The maximum absolute atomic E-state index is 6.14. The number of halogens is 2. The Balaban J connectivity index is 3.13. The summed E-state index contributed by atoms with van der Waals surface area (Å²) >= 11 is 11.9. The van der Waals surface area contributed by atoms with Gasteiger partial charge in [0.2, 0.25) is 0 Å². The van der Waals surface area contributed by atoms with Crippen molar-refractivity contribution < 1.29 is 0 Å². The smallest absolute Gasteiger partial charge is 0.0473 e. The van der Waals surface area contributed by atoms with Gasteiger partial charge in [0.1, 0.15) is 0 Å². The predicted octanol–water partition coefficient (Wildman–Crippen LogP) is 4.16. The SMILES string of the molecule is C=CC(CCl)c1cccc(C)c1Cl. The maximum Gasteiger partial charge on any atom is 0.0473 e. The van der Waals surface area contributed by atoms with Crippen molar-refractivity contribution in [3.8, 4) is 0 Å². The quantitative estimate of drug-likeness (QED) is 0.524. The van der Waals surface area contributed by atoms with Crippen LogP contribution in [0.5, 0.6) is 0 Å². The third-order valence-electron chi connectivity index (χ3n) is 2.07. The lowest BCUT2D eigenvalue weighted by molar-refractivity contribution is 0.977. The van der Waals surface area contributed by atoms with Gasteiger partial charge in [-0.25, -0.2) is 0 Å². The van der Waals surface area contributed by atoms with Crippen molar-refractivity contribution in [1.29, 1.82) is 0 Å².